The Morgan fingerprint density at radius 1 is 1.50 bits per heavy atom. The van der Waals surface area contributed by atoms with E-state index in [1.165, 1.54) is 12.5 Å². The van der Waals surface area contributed by atoms with Crippen LogP contribution >= 0.6 is 0 Å². The quantitative estimate of drug-likeness (QED) is 0.602. The van der Waals surface area contributed by atoms with E-state index < -0.39 is 4.92 Å². The summed E-state index contributed by atoms with van der Waals surface area (Å²) in [6.45, 7) is 5.45. The predicted octanol–water partition coefficient (Wildman–Crippen LogP) is 0.817. The molecule has 1 fully saturated rings. The van der Waals surface area contributed by atoms with Crippen LogP contribution in [0.2, 0.25) is 0 Å². The fourth-order valence-electron chi connectivity index (χ4n) is 2.33. The summed E-state index contributed by atoms with van der Waals surface area (Å²) in [5.41, 5.74) is 0. The number of carbonyl (C=O) groups excluding carboxylic acids is 1. The molecule has 0 radical (unpaired) electrons. The summed E-state index contributed by atoms with van der Waals surface area (Å²) in [6, 6.07) is 0. The van der Waals surface area contributed by atoms with Gasteiger partial charge >= 0.3 is 5.82 Å². The highest BCUT2D eigenvalue weighted by Gasteiger charge is 2.25. The second kappa shape index (κ2) is 6.00. The number of morpholine rings is 1. The van der Waals surface area contributed by atoms with E-state index in [-0.39, 0.29) is 23.9 Å². The topological polar surface area (TPSA) is 90.5 Å². The van der Waals surface area contributed by atoms with Gasteiger partial charge in [-0.2, -0.15) is 0 Å². The number of amides is 1. The predicted molar refractivity (Wildman–Crippen MR) is 70.1 cm³/mol. The largest absolute Gasteiger partial charge is 0.381 e. The Labute approximate surface area is 116 Å². The summed E-state index contributed by atoms with van der Waals surface area (Å²) in [5.74, 6) is -0.172. The summed E-state index contributed by atoms with van der Waals surface area (Å²) < 4.78 is 7.13. The van der Waals surface area contributed by atoms with E-state index in [0.29, 0.717) is 26.1 Å². The maximum atomic E-state index is 12.1. The third kappa shape index (κ3) is 3.53. The molecule has 2 heterocycles. The lowest BCUT2D eigenvalue weighted by atomic mass is 10.2. The van der Waals surface area contributed by atoms with Crippen LogP contribution in [0, 0.1) is 10.1 Å². The Bertz CT molecular complexity index is 491. The minimum atomic E-state index is -0.552. The molecule has 0 N–H and O–H groups in total. The Morgan fingerprint density at radius 3 is 2.70 bits per heavy atom. The molecule has 8 heteroatoms. The van der Waals surface area contributed by atoms with Gasteiger partial charge in [0.2, 0.25) is 12.2 Å². The molecule has 110 valence electrons. The van der Waals surface area contributed by atoms with Gasteiger partial charge in [0.15, 0.2) is 0 Å². The van der Waals surface area contributed by atoms with Crippen molar-refractivity contribution in [2.45, 2.75) is 39.0 Å². The Balaban J connectivity index is 1.86. The Hall–Kier alpha value is -1.96. The van der Waals surface area contributed by atoms with E-state index in [4.69, 9.17) is 4.74 Å². The first-order chi connectivity index (χ1) is 9.45. The van der Waals surface area contributed by atoms with Gasteiger partial charge in [-0.15, -0.1) is 0 Å². The molecule has 1 amide bonds. The lowest BCUT2D eigenvalue weighted by Gasteiger charge is -2.35. The average molecular weight is 282 g/mol. The highest BCUT2D eigenvalue weighted by molar-refractivity contribution is 5.76. The van der Waals surface area contributed by atoms with E-state index in [9.17, 15) is 14.9 Å². The number of imidazole rings is 1. The smallest absolute Gasteiger partial charge is 0.372 e. The molecule has 1 aliphatic rings. The van der Waals surface area contributed by atoms with Gasteiger partial charge in [-0.3, -0.25) is 4.79 Å². The molecule has 0 bridgehead atoms. The van der Waals surface area contributed by atoms with Crippen molar-refractivity contribution in [2.75, 3.05) is 13.1 Å². The molecule has 1 aromatic rings. The SMILES string of the molecule is C[C@H]1CN(C(=O)CCn2cnc([N+](=O)[O-])c2)C[C@H](C)O1. The number of hydrogen-bond acceptors (Lipinski definition) is 5. The van der Waals surface area contributed by atoms with Crippen LogP contribution < -0.4 is 0 Å². The summed E-state index contributed by atoms with van der Waals surface area (Å²) in [4.78, 5) is 27.5. The van der Waals surface area contributed by atoms with Gasteiger partial charge in [0.1, 0.15) is 6.20 Å². The van der Waals surface area contributed by atoms with E-state index in [0.717, 1.165) is 0 Å². The van der Waals surface area contributed by atoms with Crippen molar-refractivity contribution in [3.8, 4) is 0 Å². The molecule has 20 heavy (non-hydrogen) atoms. The number of aryl methyl sites for hydroxylation is 1. The van der Waals surface area contributed by atoms with Gasteiger partial charge in [0.25, 0.3) is 0 Å². The third-order valence-electron chi connectivity index (χ3n) is 3.16. The number of nitro groups is 1. The number of ether oxygens (including phenoxy) is 1. The van der Waals surface area contributed by atoms with Gasteiger partial charge in [-0.1, -0.05) is 0 Å². The number of rotatable bonds is 4. The van der Waals surface area contributed by atoms with Gasteiger partial charge in [-0.05, 0) is 23.8 Å². The zero-order valence-corrected chi connectivity index (χ0v) is 11.6. The zero-order valence-electron chi connectivity index (χ0n) is 11.6. The Morgan fingerprint density at radius 2 is 2.15 bits per heavy atom. The van der Waals surface area contributed by atoms with Crippen molar-refractivity contribution in [3.05, 3.63) is 22.6 Å². The molecule has 8 nitrogen and oxygen atoms in total. The van der Waals surface area contributed by atoms with Crippen LogP contribution in [0.4, 0.5) is 5.82 Å². The number of carbonyl (C=O) groups is 1. The van der Waals surface area contributed by atoms with Crippen molar-refractivity contribution >= 4 is 11.7 Å². The molecular weight excluding hydrogens is 264 g/mol. The highest BCUT2D eigenvalue weighted by Crippen LogP contribution is 2.12. The first-order valence-electron chi connectivity index (χ1n) is 6.55. The second-order valence-corrected chi connectivity index (χ2v) is 5.03. The first kappa shape index (κ1) is 14.4. The van der Waals surface area contributed by atoms with Crippen LogP contribution in [0.15, 0.2) is 12.5 Å². The molecular formula is C12H18N4O4. The second-order valence-electron chi connectivity index (χ2n) is 5.03. The minimum Gasteiger partial charge on any atom is -0.372 e. The van der Waals surface area contributed by atoms with E-state index in [2.05, 4.69) is 4.98 Å². The fourth-order valence-corrected chi connectivity index (χ4v) is 2.33. The fraction of sp³-hybridized carbons (Fsp3) is 0.667. The summed E-state index contributed by atoms with van der Waals surface area (Å²) >= 11 is 0. The van der Waals surface area contributed by atoms with E-state index in [1.54, 1.807) is 9.47 Å². The summed E-state index contributed by atoms with van der Waals surface area (Å²) in [6.07, 6.45) is 3.08. The summed E-state index contributed by atoms with van der Waals surface area (Å²) in [7, 11) is 0. The van der Waals surface area contributed by atoms with Gasteiger partial charge in [0.05, 0.1) is 12.2 Å². The van der Waals surface area contributed by atoms with Crippen molar-refractivity contribution in [1.82, 2.24) is 14.5 Å². The van der Waals surface area contributed by atoms with E-state index in [1.807, 2.05) is 13.8 Å². The van der Waals surface area contributed by atoms with Crippen LogP contribution in [-0.2, 0) is 16.1 Å². The van der Waals surface area contributed by atoms with Gasteiger partial charge in [0, 0.05) is 26.1 Å². The van der Waals surface area contributed by atoms with Crippen LogP contribution in [0.3, 0.4) is 0 Å². The van der Waals surface area contributed by atoms with Crippen molar-refractivity contribution in [3.63, 3.8) is 0 Å². The molecule has 1 aliphatic heterocycles. The standard InChI is InChI=1S/C12H18N4O4/c1-9-5-15(6-10(2)20-9)12(17)3-4-14-7-11(13-8-14)16(18)19/h7-10H,3-6H2,1-2H3/t9-,10-/m0/s1. The molecule has 0 unspecified atom stereocenters. The molecule has 0 aliphatic carbocycles. The molecule has 2 atom stereocenters. The molecule has 1 aromatic heterocycles. The lowest BCUT2D eigenvalue weighted by Crippen LogP contribution is -2.48. The van der Waals surface area contributed by atoms with Gasteiger partial charge < -0.3 is 24.3 Å². The molecule has 0 aromatic carbocycles. The zero-order chi connectivity index (χ0) is 14.7. The van der Waals surface area contributed by atoms with Crippen LogP contribution in [0.1, 0.15) is 20.3 Å². The lowest BCUT2D eigenvalue weighted by molar-refractivity contribution is -0.389. The van der Waals surface area contributed by atoms with E-state index >= 15 is 0 Å². The van der Waals surface area contributed by atoms with Crippen molar-refractivity contribution < 1.29 is 14.5 Å². The first-order valence-corrected chi connectivity index (χ1v) is 6.55. The molecule has 1 saturated heterocycles. The summed E-state index contributed by atoms with van der Waals surface area (Å²) in [5, 5.41) is 10.5. The minimum absolute atomic E-state index is 0.0309. The molecule has 0 spiro atoms. The van der Waals surface area contributed by atoms with Crippen LogP contribution in [0.25, 0.3) is 0 Å². The maximum absolute atomic E-state index is 12.1. The third-order valence-corrected chi connectivity index (χ3v) is 3.16. The average Bonchev–Trinajstić information content (AvgIpc) is 2.83. The van der Waals surface area contributed by atoms with Crippen molar-refractivity contribution in [2.24, 2.45) is 0 Å². The molecule has 0 saturated carbocycles. The number of nitrogens with zero attached hydrogens (tertiary/aromatic N) is 4. The van der Waals surface area contributed by atoms with Crippen LogP contribution in [-0.4, -0.2) is 50.6 Å². The van der Waals surface area contributed by atoms with Crippen molar-refractivity contribution in [1.29, 1.82) is 0 Å². The maximum Gasteiger partial charge on any atom is 0.381 e. The molecule has 2 rings (SSSR count). The van der Waals surface area contributed by atoms with Gasteiger partial charge in [-0.25, -0.2) is 0 Å². The monoisotopic (exact) mass is 282 g/mol. The Kier molecular flexibility index (Phi) is 4.33. The number of aromatic nitrogens is 2. The van der Waals surface area contributed by atoms with Crippen LogP contribution in [0.5, 0.6) is 0 Å². The number of hydrogen-bond donors (Lipinski definition) is 0. The highest BCUT2D eigenvalue weighted by atomic mass is 16.6. The normalized spacial score (nSPS) is 22.8.